The topological polar surface area (TPSA) is 54.0 Å². The number of anilines is 1. The molecule has 1 rings (SSSR count). The van der Waals surface area contributed by atoms with E-state index in [0.29, 0.717) is 55.1 Å². The van der Waals surface area contributed by atoms with Gasteiger partial charge in [-0.25, -0.2) is 0 Å². The van der Waals surface area contributed by atoms with Gasteiger partial charge in [0.05, 0.1) is 0 Å². The van der Waals surface area contributed by atoms with Crippen molar-refractivity contribution in [2.24, 2.45) is 0 Å². The van der Waals surface area contributed by atoms with Crippen LogP contribution in [0.3, 0.4) is 0 Å². The van der Waals surface area contributed by atoms with Crippen molar-refractivity contribution in [1.29, 1.82) is 0 Å². The Morgan fingerprint density at radius 3 is 1.33 bits per heavy atom. The summed E-state index contributed by atoms with van der Waals surface area (Å²) in [6.45, 7) is 26.5. The molecule has 0 unspecified atom stereocenters. The molecule has 1 aromatic rings. The first-order chi connectivity index (χ1) is 15.6. The highest BCUT2D eigenvalue weighted by atomic mass is 32.2. The molecule has 0 aromatic carbocycles. The molecule has 0 saturated heterocycles. The second-order valence-electron chi connectivity index (χ2n) is 9.39. The van der Waals surface area contributed by atoms with Crippen molar-refractivity contribution in [2.45, 2.75) is 98.3 Å². The number of aromatic nitrogens is 2. The van der Waals surface area contributed by atoms with Crippen LogP contribution in [0.25, 0.3) is 0 Å². The SMILES string of the molecule is CCN(CC)c1nc(OCCN(C(C)C)C(C)C)c(SC)c(OCCN(C(C)C)C(C)C)n1. The first kappa shape index (κ1) is 29.8. The molecular formula is C25H49N5O2S. The minimum atomic E-state index is 0.467. The van der Waals surface area contributed by atoms with E-state index in [0.717, 1.165) is 31.1 Å². The van der Waals surface area contributed by atoms with E-state index >= 15 is 0 Å². The van der Waals surface area contributed by atoms with Crippen molar-refractivity contribution < 1.29 is 9.47 Å². The quantitative estimate of drug-likeness (QED) is 0.303. The highest BCUT2D eigenvalue weighted by Gasteiger charge is 2.21. The maximum atomic E-state index is 6.25. The van der Waals surface area contributed by atoms with Crippen LogP contribution in [0.5, 0.6) is 11.8 Å². The van der Waals surface area contributed by atoms with Crippen molar-refractivity contribution in [3.8, 4) is 11.8 Å². The molecule has 1 heterocycles. The van der Waals surface area contributed by atoms with Crippen LogP contribution >= 0.6 is 11.8 Å². The molecule has 0 N–H and O–H groups in total. The van der Waals surface area contributed by atoms with Crippen LogP contribution in [-0.4, -0.2) is 89.6 Å². The fraction of sp³-hybridized carbons (Fsp3) is 0.840. The lowest BCUT2D eigenvalue weighted by Gasteiger charge is -2.30. The van der Waals surface area contributed by atoms with Gasteiger partial charge in [-0.2, -0.15) is 9.97 Å². The summed E-state index contributed by atoms with van der Waals surface area (Å²) in [5, 5.41) is 0. The molecule has 0 spiro atoms. The Morgan fingerprint density at radius 1 is 0.697 bits per heavy atom. The minimum Gasteiger partial charge on any atom is -0.475 e. The predicted molar refractivity (Wildman–Crippen MR) is 142 cm³/mol. The molecule has 8 heteroatoms. The van der Waals surface area contributed by atoms with Gasteiger partial charge in [-0.1, -0.05) is 0 Å². The zero-order valence-corrected chi connectivity index (χ0v) is 23.8. The average Bonchev–Trinajstić information content (AvgIpc) is 2.73. The fourth-order valence-corrected chi connectivity index (χ4v) is 4.70. The van der Waals surface area contributed by atoms with Crippen LogP contribution in [0, 0.1) is 0 Å². The predicted octanol–water partition coefficient (Wildman–Crippen LogP) is 5.04. The second-order valence-corrected chi connectivity index (χ2v) is 10.2. The van der Waals surface area contributed by atoms with Gasteiger partial charge in [0.2, 0.25) is 17.7 Å². The first-order valence-corrected chi connectivity index (χ1v) is 13.8. The second kappa shape index (κ2) is 14.9. The molecule has 33 heavy (non-hydrogen) atoms. The highest BCUT2D eigenvalue weighted by molar-refractivity contribution is 7.98. The number of nitrogens with zero attached hydrogens (tertiary/aromatic N) is 5. The standard InChI is InChI=1S/C25H49N5O2S/c1-12-28(13-2)25-26-23(31-16-14-29(18(3)4)19(5)6)22(33-11)24(27-25)32-17-15-30(20(7)8)21(9)10/h18-21H,12-17H2,1-11H3. The molecule has 0 atom stereocenters. The summed E-state index contributed by atoms with van der Waals surface area (Å²) in [5.41, 5.74) is 0. The van der Waals surface area contributed by atoms with Gasteiger partial charge in [0.15, 0.2) is 0 Å². The Bertz CT molecular complexity index is 618. The summed E-state index contributed by atoms with van der Waals surface area (Å²) in [6.07, 6.45) is 2.03. The van der Waals surface area contributed by atoms with Crippen molar-refractivity contribution >= 4 is 17.7 Å². The molecule has 0 aliphatic rings. The Balaban J connectivity index is 3.12. The van der Waals surface area contributed by atoms with Crippen molar-refractivity contribution in [2.75, 3.05) is 50.5 Å². The van der Waals surface area contributed by atoms with Gasteiger partial charge in [-0.05, 0) is 75.5 Å². The number of ether oxygens (including phenoxy) is 2. The summed E-state index contributed by atoms with van der Waals surface area (Å²) in [7, 11) is 0. The summed E-state index contributed by atoms with van der Waals surface area (Å²) < 4.78 is 12.5. The van der Waals surface area contributed by atoms with Crippen LogP contribution in [-0.2, 0) is 0 Å². The van der Waals surface area contributed by atoms with Crippen LogP contribution in [0.15, 0.2) is 4.90 Å². The molecular weight excluding hydrogens is 434 g/mol. The van der Waals surface area contributed by atoms with Gasteiger partial charge < -0.3 is 14.4 Å². The van der Waals surface area contributed by atoms with E-state index in [-0.39, 0.29) is 0 Å². The molecule has 0 fully saturated rings. The van der Waals surface area contributed by atoms with Crippen LogP contribution in [0.2, 0.25) is 0 Å². The molecule has 0 saturated carbocycles. The van der Waals surface area contributed by atoms with E-state index in [2.05, 4.69) is 83.9 Å². The molecule has 0 amide bonds. The summed E-state index contributed by atoms with van der Waals surface area (Å²) >= 11 is 1.58. The first-order valence-electron chi connectivity index (χ1n) is 12.5. The molecule has 7 nitrogen and oxygen atoms in total. The molecule has 0 aliphatic heterocycles. The maximum absolute atomic E-state index is 6.25. The van der Waals surface area contributed by atoms with E-state index in [9.17, 15) is 0 Å². The zero-order valence-electron chi connectivity index (χ0n) is 23.0. The van der Waals surface area contributed by atoms with Gasteiger partial charge in [-0.15, -0.1) is 11.8 Å². The fourth-order valence-electron chi connectivity index (χ4n) is 4.14. The van der Waals surface area contributed by atoms with E-state index in [1.807, 2.05) is 6.26 Å². The Kier molecular flexibility index (Phi) is 13.4. The van der Waals surface area contributed by atoms with Gasteiger partial charge >= 0.3 is 0 Å². The molecule has 192 valence electrons. The molecule has 0 radical (unpaired) electrons. The highest BCUT2D eigenvalue weighted by Crippen LogP contribution is 2.36. The third-order valence-electron chi connectivity index (χ3n) is 5.87. The van der Waals surface area contributed by atoms with Crippen molar-refractivity contribution in [1.82, 2.24) is 19.8 Å². The normalized spacial score (nSPS) is 12.2. The van der Waals surface area contributed by atoms with Crippen LogP contribution in [0.4, 0.5) is 5.95 Å². The number of hydrogen-bond acceptors (Lipinski definition) is 8. The lowest BCUT2D eigenvalue weighted by atomic mass is 10.2. The van der Waals surface area contributed by atoms with E-state index in [1.54, 1.807) is 11.8 Å². The van der Waals surface area contributed by atoms with Crippen molar-refractivity contribution in [3.05, 3.63) is 0 Å². The Morgan fingerprint density at radius 2 is 1.06 bits per heavy atom. The zero-order chi connectivity index (χ0) is 25.1. The van der Waals surface area contributed by atoms with Gasteiger partial charge in [-0.3, -0.25) is 9.80 Å². The third kappa shape index (κ3) is 9.13. The third-order valence-corrected chi connectivity index (χ3v) is 6.63. The Hall–Kier alpha value is -1.25. The largest absolute Gasteiger partial charge is 0.475 e. The summed E-state index contributed by atoms with van der Waals surface area (Å²) in [6, 6.07) is 1.87. The van der Waals surface area contributed by atoms with E-state index < -0.39 is 0 Å². The monoisotopic (exact) mass is 483 g/mol. The number of thioether (sulfide) groups is 1. The molecule has 0 aliphatic carbocycles. The van der Waals surface area contributed by atoms with Crippen LogP contribution in [0.1, 0.15) is 69.2 Å². The molecule has 0 bridgehead atoms. The lowest BCUT2D eigenvalue weighted by molar-refractivity contribution is 0.133. The van der Waals surface area contributed by atoms with Gasteiger partial charge in [0.1, 0.15) is 18.1 Å². The number of rotatable bonds is 16. The number of hydrogen-bond donors (Lipinski definition) is 0. The van der Waals surface area contributed by atoms with Gasteiger partial charge in [0.25, 0.3) is 0 Å². The summed E-state index contributed by atoms with van der Waals surface area (Å²) in [4.78, 5) is 17.4. The minimum absolute atomic E-state index is 0.467. The van der Waals surface area contributed by atoms with Gasteiger partial charge in [0, 0.05) is 50.3 Å². The summed E-state index contributed by atoms with van der Waals surface area (Å²) in [5.74, 6) is 1.90. The van der Waals surface area contributed by atoms with Crippen molar-refractivity contribution in [3.63, 3.8) is 0 Å². The van der Waals surface area contributed by atoms with E-state index in [4.69, 9.17) is 19.4 Å². The van der Waals surface area contributed by atoms with Crippen LogP contribution < -0.4 is 14.4 Å². The average molecular weight is 484 g/mol. The smallest absolute Gasteiger partial charge is 0.236 e. The molecule has 1 aromatic heterocycles. The lowest BCUT2D eigenvalue weighted by Crippen LogP contribution is -2.40. The Labute approximate surface area is 207 Å². The van der Waals surface area contributed by atoms with E-state index in [1.165, 1.54) is 0 Å². The maximum Gasteiger partial charge on any atom is 0.236 e.